The first kappa shape index (κ1) is 22.6. The number of imidazole rings is 1. The van der Waals surface area contributed by atoms with Gasteiger partial charge in [0.25, 0.3) is 5.91 Å². The van der Waals surface area contributed by atoms with Crippen LogP contribution in [0.1, 0.15) is 22.6 Å². The van der Waals surface area contributed by atoms with Crippen LogP contribution >= 0.6 is 0 Å². The Kier molecular flexibility index (Phi) is 6.70. The van der Waals surface area contributed by atoms with Gasteiger partial charge in [-0.3, -0.25) is 14.6 Å². The summed E-state index contributed by atoms with van der Waals surface area (Å²) < 4.78 is 1.93. The van der Waals surface area contributed by atoms with Crippen molar-refractivity contribution in [1.29, 1.82) is 0 Å². The second kappa shape index (κ2) is 10.4. The fraction of sp³-hybridized carbons (Fsp3) is 0.259. The molecule has 0 spiro atoms. The first-order chi connectivity index (χ1) is 17.2. The predicted molar refractivity (Wildman–Crippen MR) is 135 cm³/mol. The van der Waals surface area contributed by atoms with E-state index >= 15 is 0 Å². The molecule has 1 N–H and O–H groups in total. The maximum atomic E-state index is 13.1. The van der Waals surface area contributed by atoms with Crippen LogP contribution in [0.2, 0.25) is 0 Å². The van der Waals surface area contributed by atoms with Crippen molar-refractivity contribution < 1.29 is 9.59 Å². The Morgan fingerprint density at radius 3 is 2.34 bits per heavy atom. The molecular formula is C27H28N6O2. The highest BCUT2D eigenvalue weighted by molar-refractivity contribution is 5.95. The Balaban J connectivity index is 1.18. The Morgan fingerprint density at radius 1 is 0.857 bits per heavy atom. The monoisotopic (exact) mass is 468 g/mol. The second-order valence-electron chi connectivity index (χ2n) is 8.58. The highest BCUT2D eigenvalue weighted by Crippen LogP contribution is 2.18. The molecule has 1 aliphatic rings. The Morgan fingerprint density at radius 2 is 1.57 bits per heavy atom. The van der Waals surface area contributed by atoms with Gasteiger partial charge in [-0.05, 0) is 29.8 Å². The first-order valence-electron chi connectivity index (χ1n) is 11.9. The molecule has 1 saturated heterocycles. The molecule has 1 aliphatic heterocycles. The molecule has 1 fully saturated rings. The molecule has 0 atom stereocenters. The standard InChI is InChI=1S/C27H28N6O2/c34-25(32-18-16-31(17-19-32)22-10-13-28-14-11-22)12-15-29-27(35)26-30-23-8-4-5-9-24(23)33(26)20-21-6-2-1-3-7-21/h1-11,13-14H,12,15-20H2,(H,29,35). The van der Waals surface area contributed by atoms with E-state index in [-0.39, 0.29) is 24.8 Å². The molecule has 0 radical (unpaired) electrons. The zero-order chi connectivity index (χ0) is 24.0. The van der Waals surface area contributed by atoms with Crippen LogP contribution in [-0.4, -0.2) is 64.0 Å². The minimum atomic E-state index is -0.271. The summed E-state index contributed by atoms with van der Waals surface area (Å²) in [7, 11) is 0. The summed E-state index contributed by atoms with van der Waals surface area (Å²) in [4.78, 5) is 38.5. The van der Waals surface area contributed by atoms with E-state index in [0.717, 1.165) is 35.4 Å². The smallest absolute Gasteiger partial charge is 0.287 e. The molecule has 2 aromatic carbocycles. The molecule has 8 nitrogen and oxygen atoms in total. The normalized spacial score (nSPS) is 13.7. The van der Waals surface area contributed by atoms with Gasteiger partial charge in [-0.25, -0.2) is 4.98 Å². The summed E-state index contributed by atoms with van der Waals surface area (Å²) >= 11 is 0. The van der Waals surface area contributed by atoms with Crippen molar-refractivity contribution in [2.24, 2.45) is 0 Å². The maximum Gasteiger partial charge on any atom is 0.287 e. The van der Waals surface area contributed by atoms with Crippen molar-refractivity contribution >= 4 is 28.5 Å². The predicted octanol–water partition coefficient (Wildman–Crippen LogP) is 2.95. The van der Waals surface area contributed by atoms with Crippen LogP contribution < -0.4 is 10.2 Å². The molecule has 2 amide bonds. The van der Waals surface area contributed by atoms with Crippen LogP contribution in [0.4, 0.5) is 5.69 Å². The van der Waals surface area contributed by atoms with Gasteiger partial charge in [0.15, 0.2) is 5.82 Å². The maximum absolute atomic E-state index is 13.1. The lowest BCUT2D eigenvalue weighted by atomic mass is 10.2. The Labute approximate surface area is 204 Å². The number of anilines is 1. The number of amides is 2. The number of hydrogen-bond donors (Lipinski definition) is 1. The van der Waals surface area contributed by atoms with Crippen molar-refractivity contribution in [3.63, 3.8) is 0 Å². The lowest BCUT2D eigenvalue weighted by Gasteiger charge is -2.36. The van der Waals surface area contributed by atoms with Gasteiger partial charge in [0, 0.05) is 63.8 Å². The van der Waals surface area contributed by atoms with Gasteiger partial charge in [-0.15, -0.1) is 0 Å². The minimum Gasteiger partial charge on any atom is -0.368 e. The number of nitrogens with zero attached hydrogens (tertiary/aromatic N) is 5. The lowest BCUT2D eigenvalue weighted by molar-refractivity contribution is -0.131. The second-order valence-corrected chi connectivity index (χ2v) is 8.58. The van der Waals surface area contributed by atoms with Crippen molar-refractivity contribution in [1.82, 2.24) is 24.8 Å². The molecule has 5 rings (SSSR count). The van der Waals surface area contributed by atoms with E-state index in [2.05, 4.69) is 20.2 Å². The molecule has 0 unspecified atom stereocenters. The summed E-state index contributed by atoms with van der Waals surface area (Å²) in [5, 5.41) is 2.90. The van der Waals surface area contributed by atoms with E-state index in [0.29, 0.717) is 25.5 Å². The summed E-state index contributed by atoms with van der Waals surface area (Å²) in [5.41, 5.74) is 3.89. The zero-order valence-corrected chi connectivity index (χ0v) is 19.5. The largest absolute Gasteiger partial charge is 0.368 e. The van der Waals surface area contributed by atoms with E-state index in [9.17, 15) is 9.59 Å². The van der Waals surface area contributed by atoms with Gasteiger partial charge < -0.3 is 19.7 Å². The number of aromatic nitrogens is 3. The molecule has 0 aliphatic carbocycles. The fourth-order valence-electron chi connectivity index (χ4n) is 4.46. The SMILES string of the molecule is O=C(NCCC(=O)N1CCN(c2ccncc2)CC1)c1nc2ccccc2n1Cc1ccccc1. The molecule has 8 heteroatoms. The quantitative estimate of drug-likeness (QED) is 0.451. The van der Waals surface area contributed by atoms with Gasteiger partial charge in [-0.1, -0.05) is 42.5 Å². The van der Waals surface area contributed by atoms with Crippen molar-refractivity contribution in [2.75, 3.05) is 37.6 Å². The zero-order valence-electron chi connectivity index (χ0n) is 19.5. The van der Waals surface area contributed by atoms with Gasteiger partial charge >= 0.3 is 0 Å². The molecule has 2 aromatic heterocycles. The van der Waals surface area contributed by atoms with E-state index in [4.69, 9.17) is 0 Å². The van der Waals surface area contributed by atoms with Crippen molar-refractivity contribution in [3.05, 3.63) is 90.5 Å². The molecule has 0 saturated carbocycles. The van der Waals surface area contributed by atoms with E-state index in [1.165, 1.54) is 0 Å². The highest BCUT2D eigenvalue weighted by Gasteiger charge is 2.22. The number of piperazine rings is 1. The number of nitrogens with one attached hydrogen (secondary N) is 1. The first-order valence-corrected chi connectivity index (χ1v) is 11.9. The fourth-order valence-corrected chi connectivity index (χ4v) is 4.46. The van der Waals surface area contributed by atoms with Crippen molar-refractivity contribution in [3.8, 4) is 0 Å². The number of rotatable bonds is 7. The van der Waals surface area contributed by atoms with Crippen LogP contribution in [0, 0.1) is 0 Å². The topological polar surface area (TPSA) is 83.4 Å². The third-order valence-corrected chi connectivity index (χ3v) is 6.33. The van der Waals surface area contributed by atoms with Crippen LogP contribution in [0.3, 0.4) is 0 Å². The third kappa shape index (κ3) is 5.16. The molecule has 178 valence electrons. The van der Waals surface area contributed by atoms with Crippen LogP contribution in [-0.2, 0) is 11.3 Å². The van der Waals surface area contributed by atoms with E-state index < -0.39 is 0 Å². The molecule has 4 aromatic rings. The average molecular weight is 469 g/mol. The number of carbonyl (C=O) groups is 2. The molecule has 3 heterocycles. The number of carbonyl (C=O) groups excluding carboxylic acids is 2. The summed E-state index contributed by atoms with van der Waals surface area (Å²) in [6.45, 7) is 3.72. The number of hydrogen-bond acceptors (Lipinski definition) is 5. The number of para-hydroxylation sites is 2. The minimum absolute atomic E-state index is 0.0532. The average Bonchev–Trinajstić information content (AvgIpc) is 3.28. The number of benzene rings is 2. The van der Waals surface area contributed by atoms with Gasteiger partial charge in [0.1, 0.15) is 0 Å². The summed E-state index contributed by atoms with van der Waals surface area (Å²) in [6, 6.07) is 21.7. The van der Waals surface area contributed by atoms with Gasteiger partial charge in [0.05, 0.1) is 11.0 Å². The molecule has 35 heavy (non-hydrogen) atoms. The molecule has 0 bridgehead atoms. The van der Waals surface area contributed by atoms with E-state index in [1.54, 1.807) is 12.4 Å². The number of pyridine rings is 1. The van der Waals surface area contributed by atoms with Crippen LogP contribution in [0.5, 0.6) is 0 Å². The number of fused-ring (bicyclic) bond motifs is 1. The summed E-state index contributed by atoms with van der Waals surface area (Å²) in [6.07, 6.45) is 3.83. The van der Waals surface area contributed by atoms with E-state index in [1.807, 2.05) is 76.2 Å². The van der Waals surface area contributed by atoms with Gasteiger partial charge in [0.2, 0.25) is 5.91 Å². The van der Waals surface area contributed by atoms with Crippen LogP contribution in [0.15, 0.2) is 79.1 Å². The Hall–Kier alpha value is -4.20. The van der Waals surface area contributed by atoms with Gasteiger partial charge in [-0.2, -0.15) is 0 Å². The highest BCUT2D eigenvalue weighted by atomic mass is 16.2. The third-order valence-electron chi connectivity index (χ3n) is 6.33. The van der Waals surface area contributed by atoms with Crippen LogP contribution in [0.25, 0.3) is 11.0 Å². The molecular weight excluding hydrogens is 440 g/mol. The lowest BCUT2D eigenvalue weighted by Crippen LogP contribution is -2.49. The Bertz CT molecular complexity index is 1300. The van der Waals surface area contributed by atoms with Crippen molar-refractivity contribution in [2.45, 2.75) is 13.0 Å². The summed E-state index contributed by atoms with van der Waals surface area (Å²) in [5.74, 6) is 0.137.